The number of rotatable bonds is 7. The van der Waals surface area contributed by atoms with Crippen LogP contribution >= 0.6 is 0 Å². The summed E-state index contributed by atoms with van der Waals surface area (Å²) in [6, 6.07) is -0.524. The zero-order valence-electron chi connectivity index (χ0n) is 10.4. The Morgan fingerprint density at radius 1 is 1.56 bits per heavy atom. The van der Waals surface area contributed by atoms with Gasteiger partial charge in [0.15, 0.2) is 0 Å². The SMILES string of the molecule is CCCC[C@H](N)C(=O)Nc1cnn(CC(N)=O)c1. The van der Waals surface area contributed by atoms with Crippen molar-refractivity contribution in [1.82, 2.24) is 9.78 Å². The standard InChI is InChI=1S/C11H19N5O2/c1-2-3-4-9(12)11(18)15-8-5-14-16(6-8)7-10(13)17/h5-6,9H,2-4,7,12H2,1H3,(H2,13,17)(H,15,18)/t9-/m0/s1. The van der Waals surface area contributed by atoms with Gasteiger partial charge in [0.1, 0.15) is 6.54 Å². The minimum absolute atomic E-state index is 0.0161. The normalized spacial score (nSPS) is 12.1. The molecule has 0 fully saturated rings. The van der Waals surface area contributed by atoms with Gasteiger partial charge in [-0.25, -0.2) is 0 Å². The number of anilines is 1. The molecule has 1 atom stereocenters. The highest BCUT2D eigenvalue weighted by Gasteiger charge is 2.13. The van der Waals surface area contributed by atoms with Gasteiger partial charge in [-0.2, -0.15) is 5.10 Å². The Balaban J connectivity index is 2.48. The van der Waals surface area contributed by atoms with E-state index >= 15 is 0 Å². The summed E-state index contributed by atoms with van der Waals surface area (Å²) in [6.45, 7) is 2.02. The molecular formula is C11H19N5O2. The molecule has 0 aliphatic rings. The van der Waals surface area contributed by atoms with Crippen molar-refractivity contribution in [1.29, 1.82) is 0 Å². The minimum Gasteiger partial charge on any atom is -0.368 e. The fraction of sp³-hybridized carbons (Fsp3) is 0.545. The Kier molecular flexibility index (Phi) is 5.31. The molecule has 0 saturated heterocycles. The molecule has 0 aliphatic heterocycles. The Morgan fingerprint density at radius 2 is 2.28 bits per heavy atom. The molecule has 2 amide bonds. The zero-order chi connectivity index (χ0) is 13.5. The summed E-state index contributed by atoms with van der Waals surface area (Å²) < 4.78 is 1.36. The van der Waals surface area contributed by atoms with E-state index in [-0.39, 0.29) is 12.5 Å². The van der Waals surface area contributed by atoms with Crippen molar-refractivity contribution in [2.45, 2.75) is 38.8 Å². The molecule has 1 aromatic heterocycles. The van der Waals surface area contributed by atoms with E-state index in [4.69, 9.17) is 11.5 Å². The van der Waals surface area contributed by atoms with Crippen LogP contribution in [0.1, 0.15) is 26.2 Å². The van der Waals surface area contributed by atoms with Crippen LogP contribution in [0.4, 0.5) is 5.69 Å². The second kappa shape index (κ2) is 6.75. The second-order valence-corrected chi connectivity index (χ2v) is 4.13. The molecule has 0 unspecified atom stereocenters. The van der Waals surface area contributed by atoms with E-state index in [1.165, 1.54) is 17.1 Å². The van der Waals surface area contributed by atoms with Gasteiger partial charge in [0.2, 0.25) is 11.8 Å². The first kappa shape index (κ1) is 14.2. The zero-order valence-corrected chi connectivity index (χ0v) is 10.4. The van der Waals surface area contributed by atoms with Gasteiger partial charge in [0, 0.05) is 6.20 Å². The molecular weight excluding hydrogens is 234 g/mol. The highest BCUT2D eigenvalue weighted by atomic mass is 16.2. The first-order chi connectivity index (χ1) is 8.52. The van der Waals surface area contributed by atoms with E-state index < -0.39 is 11.9 Å². The van der Waals surface area contributed by atoms with Crippen molar-refractivity contribution in [3.05, 3.63) is 12.4 Å². The van der Waals surface area contributed by atoms with Crippen LogP contribution in [0.25, 0.3) is 0 Å². The first-order valence-electron chi connectivity index (χ1n) is 5.90. The van der Waals surface area contributed by atoms with Crippen LogP contribution in [-0.2, 0) is 16.1 Å². The number of primary amides is 1. The van der Waals surface area contributed by atoms with Crippen molar-refractivity contribution in [2.75, 3.05) is 5.32 Å². The molecule has 0 saturated carbocycles. The van der Waals surface area contributed by atoms with E-state index in [9.17, 15) is 9.59 Å². The number of aromatic nitrogens is 2. The maximum atomic E-state index is 11.7. The Morgan fingerprint density at radius 3 is 2.89 bits per heavy atom. The number of hydrogen-bond donors (Lipinski definition) is 3. The van der Waals surface area contributed by atoms with Crippen molar-refractivity contribution in [3.63, 3.8) is 0 Å². The molecule has 0 spiro atoms. The lowest BCUT2D eigenvalue weighted by Gasteiger charge is -2.09. The molecule has 1 aromatic rings. The van der Waals surface area contributed by atoms with Crippen LogP contribution in [0, 0.1) is 0 Å². The minimum atomic E-state index is -0.524. The van der Waals surface area contributed by atoms with Gasteiger partial charge in [-0.1, -0.05) is 19.8 Å². The van der Waals surface area contributed by atoms with Gasteiger partial charge in [0.05, 0.1) is 17.9 Å². The van der Waals surface area contributed by atoms with Crippen LogP contribution < -0.4 is 16.8 Å². The third-order valence-corrected chi connectivity index (χ3v) is 2.42. The number of unbranched alkanes of at least 4 members (excludes halogenated alkanes) is 1. The predicted molar refractivity (Wildman–Crippen MR) is 67.6 cm³/mol. The fourth-order valence-corrected chi connectivity index (χ4v) is 1.46. The van der Waals surface area contributed by atoms with Gasteiger partial charge in [-0.05, 0) is 6.42 Å². The number of carbonyl (C=O) groups is 2. The summed E-state index contributed by atoms with van der Waals surface area (Å²) in [7, 11) is 0. The van der Waals surface area contributed by atoms with Crippen molar-refractivity contribution in [2.24, 2.45) is 11.5 Å². The molecule has 100 valence electrons. The van der Waals surface area contributed by atoms with Crippen molar-refractivity contribution >= 4 is 17.5 Å². The van der Waals surface area contributed by atoms with E-state index in [0.717, 1.165) is 12.8 Å². The molecule has 18 heavy (non-hydrogen) atoms. The number of amides is 2. The van der Waals surface area contributed by atoms with E-state index in [0.29, 0.717) is 12.1 Å². The summed E-state index contributed by atoms with van der Waals surface area (Å²) in [5.74, 6) is -0.738. The summed E-state index contributed by atoms with van der Waals surface area (Å²) in [5.41, 5.74) is 11.3. The molecule has 7 heteroatoms. The Bertz CT molecular complexity index is 415. The van der Waals surface area contributed by atoms with Crippen LogP contribution in [0.2, 0.25) is 0 Å². The smallest absolute Gasteiger partial charge is 0.241 e. The average Bonchev–Trinajstić information content (AvgIpc) is 2.72. The predicted octanol–water partition coefficient (Wildman–Crippen LogP) is -0.176. The third kappa shape index (κ3) is 4.54. The lowest BCUT2D eigenvalue weighted by Crippen LogP contribution is -2.35. The maximum absolute atomic E-state index is 11.7. The molecule has 0 aromatic carbocycles. The highest BCUT2D eigenvalue weighted by Crippen LogP contribution is 2.07. The van der Waals surface area contributed by atoms with Gasteiger partial charge in [-0.3, -0.25) is 14.3 Å². The summed E-state index contributed by atoms with van der Waals surface area (Å²) in [4.78, 5) is 22.4. The summed E-state index contributed by atoms with van der Waals surface area (Å²) >= 11 is 0. The van der Waals surface area contributed by atoms with Gasteiger partial charge in [0.25, 0.3) is 0 Å². The topological polar surface area (TPSA) is 116 Å². The quantitative estimate of drug-likeness (QED) is 0.625. The molecule has 0 bridgehead atoms. The number of nitrogens with one attached hydrogen (secondary N) is 1. The molecule has 5 N–H and O–H groups in total. The largest absolute Gasteiger partial charge is 0.368 e. The van der Waals surface area contributed by atoms with E-state index in [1.807, 2.05) is 6.92 Å². The number of nitrogens with two attached hydrogens (primary N) is 2. The molecule has 7 nitrogen and oxygen atoms in total. The van der Waals surface area contributed by atoms with Crippen LogP contribution in [0.3, 0.4) is 0 Å². The number of carbonyl (C=O) groups excluding carboxylic acids is 2. The van der Waals surface area contributed by atoms with Gasteiger partial charge in [-0.15, -0.1) is 0 Å². The Labute approximate surface area is 106 Å². The second-order valence-electron chi connectivity index (χ2n) is 4.13. The lowest BCUT2D eigenvalue weighted by atomic mass is 10.1. The lowest BCUT2D eigenvalue weighted by molar-refractivity contribution is -0.119. The Hall–Kier alpha value is -1.89. The highest BCUT2D eigenvalue weighted by molar-refractivity contribution is 5.94. The summed E-state index contributed by atoms with van der Waals surface area (Å²) in [5, 5.41) is 6.54. The third-order valence-electron chi connectivity index (χ3n) is 2.42. The van der Waals surface area contributed by atoms with E-state index in [1.54, 1.807) is 0 Å². The molecule has 1 rings (SSSR count). The summed E-state index contributed by atoms with van der Waals surface area (Å²) in [6.07, 6.45) is 5.55. The molecule has 0 aliphatic carbocycles. The fourth-order valence-electron chi connectivity index (χ4n) is 1.46. The molecule has 1 heterocycles. The van der Waals surface area contributed by atoms with Crippen LogP contribution in [0.15, 0.2) is 12.4 Å². The van der Waals surface area contributed by atoms with Gasteiger partial charge >= 0.3 is 0 Å². The number of nitrogens with zero attached hydrogens (tertiary/aromatic N) is 2. The van der Waals surface area contributed by atoms with Crippen molar-refractivity contribution < 1.29 is 9.59 Å². The van der Waals surface area contributed by atoms with E-state index in [2.05, 4.69) is 10.4 Å². The first-order valence-corrected chi connectivity index (χ1v) is 5.90. The van der Waals surface area contributed by atoms with Crippen LogP contribution in [0.5, 0.6) is 0 Å². The van der Waals surface area contributed by atoms with Crippen LogP contribution in [-0.4, -0.2) is 27.6 Å². The monoisotopic (exact) mass is 253 g/mol. The van der Waals surface area contributed by atoms with Crippen molar-refractivity contribution in [3.8, 4) is 0 Å². The van der Waals surface area contributed by atoms with Gasteiger partial charge < -0.3 is 16.8 Å². The average molecular weight is 253 g/mol. The molecule has 0 radical (unpaired) electrons. The maximum Gasteiger partial charge on any atom is 0.241 e. The number of hydrogen-bond acceptors (Lipinski definition) is 4.